The molecule has 51 heavy (non-hydrogen) atoms. The highest BCUT2D eigenvalue weighted by atomic mass is 15.1. The van der Waals surface area contributed by atoms with Gasteiger partial charge < -0.3 is 4.90 Å². The molecule has 0 bridgehead atoms. The molecule has 6 aromatic rings. The van der Waals surface area contributed by atoms with E-state index >= 15 is 0 Å². The van der Waals surface area contributed by atoms with E-state index in [4.69, 9.17) is 0 Å². The minimum absolute atomic E-state index is 0.0285. The van der Waals surface area contributed by atoms with Crippen LogP contribution < -0.4 is 4.90 Å². The average Bonchev–Trinajstić information content (AvgIpc) is 3.47. The van der Waals surface area contributed by atoms with E-state index in [-0.39, 0.29) is 5.41 Å². The van der Waals surface area contributed by atoms with Gasteiger partial charge >= 0.3 is 0 Å². The number of aryl methyl sites for hydroxylation is 1. The third-order valence-corrected chi connectivity index (χ3v) is 11.2. The zero-order valence-electron chi connectivity index (χ0n) is 29.9. The highest BCUT2D eigenvalue weighted by Gasteiger charge is 2.41. The molecular formula is C50H45N. The molecular weight excluding hydrogens is 615 g/mol. The van der Waals surface area contributed by atoms with Gasteiger partial charge in [0.15, 0.2) is 0 Å². The number of para-hydroxylation sites is 2. The third kappa shape index (κ3) is 6.08. The maximum absolute atomic E-state index is 2.47. The molecule has 0 saturated heterocycles. The van der Waals surface area contributed by atoms with Crippen molar-refractivity contribution in [3.05, 3.63) is 197 Å². The van der Waals surface area contributed by atoms with E-state index in [0.717, 1.165) is 25.7 Å². The molecule has 0 heterocycles. The van der Waals surface area contributed by atoms with Crippen LogP contribution in [0.4, 0.5) is 17.1 Å². The van der Waals surface area contributed by atoms with Crippen molar-refractivity contribution < 1.29 is 0 Å². The smallest absolute Gasteiger partial charge is 0.0465 e. The summed E-state index contributed by atoms with van der Waals surface area (Å²) in [5.74, 6) is 0. The number of nitrogens with zero attached hydrogens (tertiary/aromatic N) is 1. The summed E-state index contributed by atoms with van der Waals surface area (Å²) in [5, 5.41) is 0. The lowest BCUT2D eigenvalue weighted by atomic mass is 9.73. The van der Waals surface area contributed by atoms with Crippen LogP contribution in [0.3, 0.4) is 0 Å². The maximum atomic E-state index is 2.47. The molecule has 0 spiro atoms. The summed E-state index contributed by atoms with van der Waals surface area (Å²) in [4.78, 5) is 2.38. The zero-order valence-corrected chi connectivity index (χ0v) is 29.9. The van der Waals surface area contributed by atoms with Gasteiger partial charge in [0.05, 0.1) is 0 Å². The third-order valence-electron chi connectivity index (χ3n) is 11.2. The number of hydrogen-bond acceptors (Lipinski definition) is 1. The number of hydrogen-bond donors (Lipinski definition) is 0. The first kappa shape index (κ1) is 32.5. The van der Waals surface area contributed by atoms with Crippen LogP contribution in [0.5, 0.6) is 0 Å². The van der Waals surface area contributed by atoms with E-state index in [2.05, 4.69) is 196 Å². The predicted octanol–water partition coefficient (Wildman–Crippen LogP) is 14.0. The van der Waals surface area contributed by atoms with Crippen molar-refractivity contribution in [2.45, 2.75) is 51.9 Å². The van der Waals surface area contributed by atoms with E-state index in [1.807, 2.05) is 0 Å². The van der Waals surface area contributed by atoms with E-state index in [9.17, 15) is 0 Å². The molecule has 0 atom stereocenters. The topological polar surface area (TPSA) is 3.24 Å². The van der Waals surface area contributed by atoms with Crippen LogP contribution in [0, 0.1) is 6.92 Å². The fourth-order valence-electron chi connectivity index (χ4n) is 8.41. The van der Waals surface area contributed by atoms with Gasteiger partial charge in [0.1, 0.15) is 0 Å². The minimum atomic E-state index is -0.0285. The molecule has 0 aromatic heterocycles. The first-order valence-corrected chi connectivity index (χ1v) is 18.5. The van der Waals surface area contributed by atoms with Gasteiger partial charge in [-0.1, -0.05) is 147 Å². The van der Waals surface area contributed by atoms with Crippen LogP contribution in [-0.4, -0.2) is 0 Å². The summed E-state index contributed by atoms with van der Waals surface area (Å²) >= 11 is 0. The lowest BCUT2D eigenvalue weighted by Crippen LogP contribution is -2.23. The molecule has 6 aromatic carbocycles. The summed E-state index contributed by atoms with van der Waals surface area (Å²) in [7, 11) is 0. The van der Waals surface area contributed by atoms with Gasteiger partial charge in [-0.25, -0.2) is 0 Å². The van der Waals surface area contributed by atoms with Crippen molar-refractivity contribution in [3.63, 3.8) is 0 Å². The van der Waals surface area contributed by atoms with Crippen molar-refractivity contribution in [1.82, 2.24) is 0 Å². The highest BCUT2D eigenvalue weighted by Crippen LogP contribution is 2.54. The lowest BCUT2D eigenvalue weighted by Gasteiger charge is -2.32. The number of allylic oxidation sites excluding steroid dienone is 5. The zero-order chi connectivity index (χ0) is 34.8. The Morgan fingerprint density at radius 2 is 1.14 bits per heavy atom. The Hall–Kier alpha value is -5.66. The Labute approximate surface area is 304 Å². The minimum Gasteiger partial charge on any atom is -0.310 e. The highest BCUT2D eigenvalue weighted by molar-refractivity contribution is 5.86. The van der Waals surface area contributed by atoms with Gasteiger partial charge in [-0.2, -0.15) is 0 Å². The average molecular weight is 660 g/mol. The predicted molar refractivity (Wildman–Crippen MR) is 219 cm³/mol. The second-order valence-electron chi connectivity index (χ2n) is 14.0. The molecule has 0 aliphatic heterocycles. The molecule has 2 aliphatic rings. The number of anilines is 3. The Kier molecular flexibility index (Phi) is 8.88. The largest absolute Gasteiger partial charge is 0.310 e. The first-order chi connectivity index (χ1) is 25.1. The van der Waals surface area contributed by atoms with Gasteiger partial charge in [0.2, 0.25) is 0 Å². The van der Waals surface area contributed by atoms with Crippen molar-refractivity contribution in [2.75, 3.05) is 4.90 Å². The maximum Gasteiger partial charge on any atom is 0.0465 e. The Morgan fingerprint density at radius 1 is 0.529 bits per heavy atom. The van der Waals surface area contributed by atoms with E-state index < -0.39 is 0 Å². The van der Waals surface area contributed by atoms with Crippen molar-refractivity contribution >= 4 is 28.7 Å². The fraction of sp³-hybridized carbons (Fsp3) is 0.160. The molecule has 250 valence electrons. The van der Waals surface area contributed by atoms with Crippen LogP contribution in [-0.2, 0) is 5.41 Å². The van der Waals surface area contributed by atoms with E-state index in [1.165, 1.54) is 78.3 Å². The van der Waals surface area contributed by atoms with Crippen LogP contribution in [0.25, 0.3) is 33.9 Å². The Balaban J connectivity index is 1.07. The molecule has 0 saturated carbocycles. The number of rotatable bonds is 9. The lowest BCUT2D eigenvalue weighted by molar-refractivity contribution is 0.490. The molecule has 0 amide bonds. The van der Waals surface area contributed by atoms with Gasteiger partial charge in [-0.15, -0.1) is 0 Å². The molecule has 8 rings (SSSR count). The molecule has 0 N–H and O–H groups in total. The van der Waals surface area contributed by atoms with Crippen LogP contribution in [0.2, 0.25) is 0 Å². The summed E-state index contributed by atoms with van der Waals surface area (Å²) in [6.07, 6.45) is 13.5. The summed E-state index contributed by atoms with van der Waals surface area (Å²) < 4.78 is 0. The summed E-state index contributed by atoms with van der Waals surface area (Å²) in [6, 6.07) is 53.2. The molecule has 0 radical (unpaired) electrons. The van der Waals surface area contributed by atoms with Crippen molar-refractivity contribution in [1.29, 1.82) is 0 Å². The normalized spacial score (nSPS) is 14.5. The van der Waals surface area contributed by atoms with Crippen LogP contribution >= 0.6 is 0 Å². The van der Waals surface area contributed by atoms with Gasteiger partial charge in [-0.05, 0) is 130 Å². The molecule has 0 unspecified atom stereocenters. The SMILES string of the molecule is CCC1(CC)c2cc(/C=C/C3=CC=C(c4ccc(-c5ccccc5)cc4C)CC3)ccc2-c2ccc(N(c3ccccc3)c3ccccc3)cc21. The van der Waals surface area contributed by atoms with Gasteiger partial charge in [0, 0.05) is 22.5 Å². The second-order valence-corrected chi connectivity index (χ2v) is 14.0. The van der Waals surface area contributed by atoms with Crippen LogP contribution in [0.1, 0.15) is 67.3 Å². The quantitative estimate of drug-likeness (QED) is 0.149. The second kappa shape index (κ2) is 13.9. The van der Waals surface area contributed by atoms with Gasteiger partial charge in [-0.3, -0.25) is 0 Å². The summed E-state index contributed by atoms with van der Waals surface area (Å²) in [6.45, 7) is 6.96. The summed E-state index contributed by atoms with van der Waals surface area (Å²) in [5.41, 5.74) is 18.5. The Bertz CT molecular complexity index is 2230. The van der Waals surface area contributed by atoms with Crippen LogP contribution in [0.15, 0.2) is 169 Å². The number of benzene rings is 6. The van der Waals surface area contributed by atoms with Crippen molar-refractivity contribution in [3.8, 4) is 22.3 Å². The molecule has 1 nitrogen and oxygen atoms in total. The van der Waals surface area contributed by atoms with E-state index in [0.29, 0.717) is 0 Å². The standard InChI is InChI=1S/C50H45N/c1-4-50(5-2)48-34-38(22-21-37-23-26-40(27-24-37)45-31-28-41(33-36(45)3)39-15-9-6-10-16-39)25-30-46(48)47-32-29-44(35-49(47)50)51(42-17-11-7-12-18-42)43-19-13-8-14-20-43/h6-23,25-26,28-35H,4-5,24,27H2,1-3H3/b22-21+. The molecule has 0 fully saturated rings. The fourth-order valence-corrected chi connectivity index (χ4v) is 8.41. The monoisotopic (exact) mass is 659 g/mol. The molecule has 1 heteroatoms. The molecule has 2 aliphatic carbocycles. The number of fused-ring (bicyclic) bond motifs is 3. The van der Waals surface area contributed by atoms with Crippen molar-refractivity contribution in [2.24, 2.45) is 0 Å². The van der Waals surface area contributed by atoms with E-state index in [1.54, 1.807) is 0 Å². The first-order valence-electron chi connectivity index (χ1n) is 18.5. The Morgan fingerprint density at radius 3 is 1.75 bits per heavy atom. The van der Waals surface area contributed by atoms with Gasteiger partial charge in [0.25, 0.3) is 0 Å².